The van der Waals surface area contributed by atoms with Gasteiger partial charge in [0.25, 0.3) is 0 Å². The zero-order chi connectivity index (χ0) is 15.9. The van der Waals surface area contributed by atoms with E-state index in [1.807, 2.05) is 0 Å². The fourth-order valence-electron chi connectivity index (χ4n) is 4.16. The van der Waals surface area contributed by atoms with E-state index < -0.39 is 0 Å². The summed E-state index contributed by atoms with van der Waals surface area (Å²) in [7, 11) is 0. The monoisotopic (exact) mass is 323 g/mol. The van der Waals surface area contributed by atoms with Gasteiger partial charge in [0.15, 0.2) is 0 Å². The van der Waals surface area contributed by atoms with Crippen molar-refractivity contribution in [1.29, 1.82) is 0 Å². The zero-order valence-electron chi connectivity index (χ0n) is 14.4. The summed E-state index contributed by atoms with van der Waals surface area (Å²) in [4.78, 5) is 14.7. The first-order chi connectivity index (χ1) is 11.3. The minimum absolute atomic E-state index is 0.270. The average Bonchev–Trinajstić information content (AvgIpc) is 3.09. The molecule has 3 aliphatic rings. The summed E-state index contributed by atoms with van der Waals surface area (Å²) in [6, 6.07) is 0.395. The Balaban J connectivity index is 1.28. The van der Waals surface area contributed by atoms with Crippen molar-refractivity contribution in [3.8, 4) is 0 Å². The lowest BCUT2D eigenvalue weighted by atomic mass is 9.93. The van der Waals surface area contributed by atoms with Crippen LogP contribution in [0.15, 0.2) is 0 Å². The van der Waals surface area contributed by atoms with Crippen LogP contribution >= 0.6 is 0 Å². The van der Waals surface area contributed by atoms with Gasteiger partial charge in [-0.1, -0.05) is 0 Å². The summed E-state index contributed by atoms with van der Waals surface area (Å²) in [6.07, 6.45) is 7.66. The van der Waals surface area contributed by atoms with Gasteiger partial charge in [0.1, 0.15) is 0 Å². The molecule has 3 aliphatic heterocycles. The number of likely N-dealkylation sites (tertiary alicyclic amines) is 1. The van der Waals surface area contributed by atoms with Gasteiger partial charge in [0, 0.05) is 38.7 Å². The van der Waals surface area contributed by atoms with E-state index in [2.05, 4.69) is 15.5 Å². The van der Waals surface area contributed by atoms with Crippen LogP contribution in [0, 0.1) is 11.8 Å². The molecule has 1 unspecified atom stereocenters. The molecule has 2 N–H and O–H groups in total. The van der Waals surface area contributed by atoms with Crippen molar-refractivity contribution in [2.45, 2.75) is 51.0 Å². The summed E-state index contributed by atoms with van der Waals surface area (Å²) < 4.78 is 5.46. The van der Waals surface area contributed by atoms with Crippen LogP contribution in [0.25, 0.3) is 0 Å². The second-order valence-corrected chi connectivity index (χ2v) is 7.60. The molecular formula is C18H33N3O2. The van der Waals surface area contributed by atoms with Gasteiger partial charge in [-0.15, -0.1) is 0 Å². The normalized spacial score (nSPS) is 28.1. The Morgan fingerprint density at radius 2 is 1.87 bits per heavy atom. The van der Waals surface area contributed by atoms with Crippen molar-refractivity contribution in [1.82, 2.24) is 15.5 Å². The fraction of sp³-hybridized carbons (Fsp3) is 0.944. The maximum atomic E-state index is 12.2. The third-order valence-corrected chi connectivity index (χ3v) is 5.73. The molecule has 0 aromatic carbocycles. The minimum atomic E-state index is 0.270. The zero-order valence-corrected chi connectivity index (χ0v) is 14.4. The number of hydrogen-bond acceptors (Lipinski definition) is 4. The maximum absolute atomic E-state index is 12.2. The van der Waals surface area contributed by atoms with Crippen molar-refractivity contribution in [2.24, 2.45) is 11.8 Å². The highest BCUT2D eigenvalue weighted by atomic mass is 16.5. The van der Waals surface area contributed by atoms with Gasteiger partial charge in [-0.25, -0.2) is 0 Å². The third kappa shape index (κ3) is 5.73. The van der Waals surface area contributed by atoms with Crippen molar-refractivity contribution >= 4 is 5.91 Å². The molecule has 3 rings (SSSR count). The molecule has 5 nitrogen and oxygen atoms in total. The Kier molecular flexibility index (Phi) is 6.72. The Morgan fingerprint density at radius 1 is 1.09 bits per heavy atom. The molecule has 1 amide bonds. The van der Waals surface area contributed by atoms with E-state index in [-0.39, 0.29) is 5.91 Å². The van der Waals surface area contributed by atoms with E-state index in [4.69, 9.17) is 4.74 Å². The molecule has 0 aliphatic carbocycles. The van der Waals surface area contributed by atoms with Crippen LogP contribution in [-0.4, -0.2) is 62.8 Å². The van der Waals surface area contributed by atoms with Gasteiger partial charge >= 0.3 is 0 Å². The van der Waals surface area contributed by atoms with Crippen LogP contribution in [0.2, 0.25) is 0 Å². The second kappa shape index (κ2) is 9.00. The molecule has 5 heteroatoms. The molecule has 0 aromatic rings. The number of carbonyl (C=O) groups is 1. The first-order valence-corrected chi connectivity index (χ1v) is 9.60. The van der Waals surface area contributed by atoms with Crippen molar-refractivity contribution in [3.05, 3.63) is 0 Å². The quantitative estimate of drug-likeness (QED) is 0.775. The fourth-order valence-corrected chi connectivity index (χ4v) is 4.16. The Labute approximate surface area is 140 Å². The number of carbonyl (C=O) groups excluding carboxylic acids is 1. The first kappa shape index (κ1) is 17.2. The highest BCUT2D eigenvalue weighted by Gasteiger charge is 2.24. The summed E-state index contributed by atoms with van der Waals surface area (Å²) in [5, 5.41) is 6.65. The Bertz CT molecular complexity index is 357. The van der Waals surface area contributed by atoms with Gasteiger partial charge < -0.3 is 20.3 Å². The highest BCUT2D eigenvalue weighted by Crippen LogP contribution is 2.19. The second-order valence-electron chi connectivity index (χ2n) is 7.60. The molecule has 3 heterocycles. The third-order valence-electron chi connectivity index (χ3n) is 5.73. The summed E-state index contributed by atoms with van der Waals surface area (Å²) >= 11 is 0. The summed E-state index contributed by atoms with van der Waals surface area (Å²) in [6.45, 7) is 7.54. The van der Waals surface area contributed by atoms with E-state index in [9.17, 15) is 4.79 Å². The van der Waals surface area contributed by atoms with Gasteiger partial charge in [-0.3, -0.25) is 4.79 Å². The van der Waals surface area contributed by atoms with E-state index >= 15 is 0 Å². The van der Waals surface area contributed by atoms with E-state index in [1.54, 1.807) is 0 Å². The average molecular weight is 323 g/mol. The number of piperidine rings is 2. The molecule has 0 spiro atoms. The number of nitrogens with one attached hydrogen (secondary N) is 2. The minimum Gasteiger partial charge on any atom is -0.381 e. The van der Waals surface area contributed by atoms with Crippen LogP contribution < -0.4 is 10.6 Å². The maximum Gasteiger partial charge on any atom is 0.220 e. The number of hydrogen-bond donors (Lipinski definition) is 2. The standard InChI is InChI=1S/C18H33N3O2/c22-18(2-1-15-3-8-19-9-4-15)20-17-5-10-21(11-6-17)13-16-7-12-23-14-16/h15-17,19H,1-14H2,(H,20,22). The highest BCUT2D eigenvalue weighted by molar-refractivity contribution is 5.76. The largest absolute Gasteiger partial charge is 0.381 e. The summed E-state index contributed by atoms with van der Waals surface area (Å²) in [5.41, 5.74) is 0. The van der Waals surface area contributed by atoms with E-state index in [1.165, 1.54) is 25.8 Å². The Morgan fingerprint density at radius 3 is 2.57 bits per heavy atom. The number of amides is 1. The SMILES string of the molecule is O=C(CCC1CCNCC1)NC1CCN(CC2CCOC2)CC1. The van der Waals surface area contributed by atoms with Crippen molar-refractivity contribution < 1.29 is 9.53 Å². The molecule has 0 saturated carbocycles. The predicted octanol–water partition coefficient (Wildman–Crippen LogP) is 1.38. The van der Waals surface area contributed by atoms with Crippen LogP contribution in [-0.2, 0) is 9.53 Å². The molecule has 0 bridgehead atoms. The van der Waals surface area contributed by atoms with Crippen molar-refractivity contribution in [2.75, 3.05) is 45.9 Å². The molecular weight excluding hydrogens is 290 g/mol. The lowest BCUT2D eigenvalue weighted by Gasteiger charge is -2.33. The molecule has 3 fully saturated rings. The molecule has 23 heavy (non-hydrogen) atoms. The molecule has 1 atom stereocenters. The predicted molar refractivity (Wildman–Crippen MR) is 91.4 cm³/mol. The first-order valence-electron chi connectivity index (χ1n) is 9.60. The van der Waals surface area contributed by atoms with E-state index in [0.29, 0.717) is 12.5 Å². The van der Waals surface area contributed by atoms with Crippen LogP contribution in [0.1, 0.15) is 44.9 Å². The topological polar surface area (TPSA) is 53.6 Å². The summed E-state index contributed by atoms with van der Waals surface area (Å²) in [5.74, 6) is 1.75. The smallest absolute Gasteiger partial charge is 0.220 e. The van der Waals surface area contributed by atoms with Crippen molar-refractivity contribution in [3.63, 3.8) is 0 Å². The van der Waals surface area contributed by atoms with E-state index in [0.717, 1.165) is 70.5 Å². The van der Waals surface area contributed by atoms with Crippen LogP contribution in [0.3, 0.4) is 0 Å². The molecule has 0 aromatic heterocycles. The van der Waals surface area contributed by atoms with Gasteiger partial charge in [0.05, 0.1) is 6.61 Å². The van der Waals surface area contributed by atoms with Crippen LogP contribution in [0.4, 0.5) is 0 Å². The lowest BCUT2D eigenvalue weighted by Crippen LogP contribution is -2.45. The van der Waals surface area contributed by atoms with Gasteiger partial charge in [-0.2, -0.15) is 0 Å². The molecule has 132 valence electrons. The Hall–Kier alpha value is -0.650. The van der Waals surface area contributed by atoms with Gasteiger partial charge in [0.2, 0.25) is 5.91 Å². The number of rotatable bonds is 6. The number of nitrogens with zero attached hydrogens (tertiary/aromatic N) is 1. The lowest BCUT2D eigenvalue weighted by molar-refractivity contribution is -0.122. The molecule has 3 saturated heterocycles. The molecule has 0 radical (unpaired) electrons. The van der Waals surface area contributed by atoms with Gasteiger partial charge in [-0.05, 0) is 63.5 Å². The van der Waals surface area contributed by atoms with Crippen LogP contribution in [0.5, 0.6) is 0 Å². The number of ether oxygens (including phenoxy) is 1.